The monoisotopic (exact) mass is 239 g/mol. The smallest absolute Gasteiger partial charge is 0.223 e. The summed E-state index contributed by atoms with van der Waals surface area (Å²) in [6.07, 6.45) is 1.98. The second-order valence-electron chi connectivity index (χ2n) is 4.10. The average Bonchev–Trinajstić information content (AvgIpc) is 2.33. The van der Waals surface area contributed by atoms with Gasteiger partial charge in [0.05, 0.1) is 0 Å². The van der Waals surface area contributed by atoms with Crippen molar-refractivity contribution in [2.45, 2.75) is 19.8 Å². The van der Waals surface area contributed by atoms with E-state index in [-0.39, 0.29) is 12.6 Å². The van der Waals surface area contributed by atoms with Crippen molar-refractivity contribution in [3.05, 3.63) is 6.07 Å². The number of rotatable bonds is 7. The van der Waals surface area contributed by atoms with Crippen LogP contribution in [-0.4, -0.2) is 35.3 Å². The van der Waals surface area contributed by atoms with E-state index >= 15 is 0 Å². The first-order valence-corrected chi connectivity index (χ1v) is 5.82. The molecule has 96 valence electrons. The standard InChI is InChI=1S/C11H21N5O/c1-8(7-17)4-3-5-14-10-6-9(13-2)15-11(12)16-10/h6,8,17H,3-5,7H2,1-2H3,(H4,12,13,14,15,16). The van der Waals surface area contributed by atoms with Crippen molar-refractivity contribution in [3.8, 4) is 0 Å². The zero-order chi connectivity index (χ0) is 12.7. The van der Waals surface area contributed by atoms with Gasteiger partial charge in [-0.05, 0) is 18.8 Å². The second kappa shape index (κ2) is 6.90. The molecule has 0 saturated heterocycles. The van der Waals surface area contributed by atoms with Crippen molar-refractivity contribution < 1.29 is 5.11 Å². The SMILES string of the molecule is CNc1cc(NCCCC(C)CO)nc(N)n1. The van der Waals surface area contributed by atoms with Gasteiger partial charge >= 0.3 is 0 Å². The molecule has 1 unspecified atom stereocenters. The van der Waals surface area contributed by atoms with E-state index in [1.54, 1.807) is 7.05 Å². The van der Waals surface area contributed by atoms with Crippen LogP contribution in [0.15, 0.2) is 6.07 Å². The number of nitrogens with zero attached hydrogens (tertiary/aromatic N) is 2. The van der Waals surface area contributed by atoms with Gasteiger partial charge in [-0.2, -0.15) is 9.97 Å². The highest BCUT2D eigenvalue weighted by molar-refractivity contribution is 5.50. The maximum atomic E-state index is 8.89. The van der Waals surface area contributed by atoms with Gasteiger partial charge in [0.15, 0.2) is 0 Å². The molecule has 0 aliphatic carbocycles. The van der Waals surface area contributed by atoms with Crippen molar-refractivity contribution in [2.24, 2.45) is 5.92 Å². The molecule has 1 atom stereocenters. The highest BCUT2D eigenvalue weighted by atomic mass is 16.3. The number of nitrogens with one attached hydrogen (secondary N) is 2. The summed E-state index contributed by atoms with van der Waals surface area (Å²) in [6.45, 7) is 3.08. The number of hydrogen-bond donors (Lipinski definition) is 4. The van der Waals surface area contributed by atoms with Gasteiger partial charge in [0.1, 0.15) is 11.6 Å². The molecule has 0 bridgehead atoms. The van der Waals surface area contributed by atoms with Gasteiger partial charge in [-0.15, -0.1) is 0 Å². The molecule has 5 N–H and O–H groups in total. The minimum Gasteiger partial charge on any atom is -0.396 e. The van der Waals surface area contributed by atoms with Crippen LogP contribution < -0.4 is 16.4 Å². The molecule has 6 heteroatoms. The minimum absolute atomic E-state index is 0.240. The van der Waals surface area contributed by atoms with Crippen LogP contribution in [0.2, 0.25) is 0 Å². The van der Waals surface area contributed by atoms with Crippen LogP contribution in [0.5, 0.6) is 0 Å². The Morgan fingerprint density at radius 1 is 1.41 bits per heavy atom. The molecule has 0 spiro atoms. The Hall–Kier alpha value is -1.56. The molecule has 0 fully saturated rings. The number of anilines is 3. The van der Waals surface area contributed by atoms with Gasteiger partial charge in [0.2, 0.25) is 5.95 Å². The number of nitrogen functional groups attached to an aromatic ring is 1. The zero-order valence-electron chi connectivity index (χ0n) is 10.4. The van der Waals surface area contributed by atoms with Crippen LogP contribution in [0.1, 0.15) is 19.8 Å². The summed E-state index contributed by atoms with van der Waals surface area (Å²) in [5, 5.41) is 15.0. The van der Waals surface area contributed by atoms with Gasteiger partial charge < -0.3 is 21.5 Å². The molecule has 1 aromatic heterocycles. The topological polar surface area (TPSA) is 96.1 Å². The third-order valence-corrected chi connectivity index (χ3v) is 2.49. The quantitative estimate of drug-likeness (QED) is 0.528. The van der Waals surface area contributed by atoms with Gasteiger partial charge in [-0.1, -0.05) is 6.92 Å². The van der Waals surface area contributed by atoms with Crippen molar-refractivity contribution in [1.82, 2.24) is 9.97 Å². The highest BCUT2D eigenvalue weighted by Gasteiger charge is 2.02. The Kier molecular flexibility index (Phi) is 5.48. The summed E-state index contributed by atoms with van der Waals surface area (Å²) in [4.78, 5) is 8.09. The minimum atomic E-state index is 0.240. The first-order valence-electron chi connectivity index (χ1n) is 5.82. The molecule has 1 rings (SSSR count). The lowest BCUT2D eigenvalue weighted by molar-refractivity contribution is 0.229. The Balaban J connectivity index is 2.38. The molecule has 1 aromatic rings. The van der Waals surface area contributed by atoms with E-state index in [1.807, 2.05) is 13.0 Å². The molecular weight excluding hydrogens is 218 g/mol. The van der Waals surface area contributed by atoms with Gasteiger partial charge in [0, 0.05) is 26.3 Å². The summed E-state index contributed by atoms with van der Waals surface area (Å²) in [6, 6.07) is 1.81. The predicted octanol–water partition coefficient (Wildman–Crippen LogP) is 0.921. The largest absolute Gasteiger partial charge is 0.396 e. The van der Waals surface area contributed by atoms with Crippen molar-refractivity contribution >= 4 is 17.6 Å². The van der Waals surface area contributed by atoms with Crippen molar-refractivity contribution in [1.29, 1.82) is 0 Å². The van der Waals surface area contributed by atoms with E-state index in [0.29, 0.717) is 11.7 Å². The maximum absolute atomic E-state index is 8.89. The van der Waals surface area contributed by atoms with E-state index < -0.39 is 0 Å². The van der Waals surface area contributed by atoms with Gasteiger partial charge in [-0.25, -0.2) is 0 Å². The van der Waals surface area contributed by atoms with Crippen molar-refractivity contribution in [2.75, 3.05) is 36.6 Å². The maximum Gasteiger partial charge on any atom is 0.223 e. The van der Waals surface area contributed by atoms with Crippen LogP contribution in [0, 0.1) is 5.92 Å². The highest BCUT2D eigenvalue weighted by Crippen LogP contribution is 2.12. The average molecular weight is 239 g/mol. The Morgan fingerprint density at radius 3 is 2.76 bits per heavy atom. The summed E-state index contributed by atoms with van der Waals surface area (Å²) in [5.41, 5.74) is 5.57. The number of aliphatic hydroxyl groups excluding tert-OH is 1. The molecule has 0 radical (unpaired) electrons. The third-order valence-electron chi connectivity index (χ3n) is 2.49. The van der Waals surface area contributed by atoms with Gasteiger partial charge in [-0.3, -0.25) is 0 Å². The number of nitrogens with two attached hydrogens (primary N) is 1. The molecule has 0 aliphatic heterocycles. The molecule has 6 nitrogen and oxygen atoms in total. The van der Waals surface area contributed by atoms with Crippen LogP contribution in [0.25, 0.3) is 0 Å². The van der Waals surface area contributed by atoms with Crippen LogP contribution in [-0.2, 0) is 0 Å². The predicted molar refractivity (Wildman–Crippen MR) is 70.0 cm³/mol. The first-order chi connectivity index (χ1) is 8.15. The lowest BCUT2D eigenvalue weighted by Crippen LogP contribution is -2.09. The van der Waals surface area contributed by atoms with Crippen LogP contribution in [0.4, 0.5) is 17.6 Å². The summed E-state index contributed by atoms with van der Waals surface area (Å²) < 4.78 is 0. The Bertz CT molecular complexity index is 345. The summed E-state index contributed by atoms with van der Waals surface area (Å²) in [7, 11) is 1.79. The summed E-state index contributed by atoms with van der Waals surface area (Å²) in [5.74, 6) is 2.02. The Labute approximate surface area is 102 Å². The normalized spacial score (nSPS) is 12.2. The lowest BCUT2D eigenvalue weighted by atomic mass is 10.1. The molecule has 0 aromatic carbocycles. The fourth-order valence-corrected chi connectivity index (χ4v) is 1.44. The number of hydrogen-bond acceptors (Lipinski definition) is 6. The van der Waals surface area contributed by atoms with E-state index in [9.17, 15) is 0 Å². The fourth-order valence-electron chi connectivity index (χ4n) is 1.44. The van der Waals surface area contributed by atoms with Crippen LogP contribution in [0.3, 0.4) is 0 Å². The van der Waals surface area contributed by atoms with E-state index in [2.05, 4.69) is 20.6 Å². The van der Waals surface area contributed by atoms with Crippen molar-refractivity contribution in [3.63, 3.8) is 0 Å². The van der Waals surface area contributed by atoms with E-state index in [4.69, 9.17) is 10.8 Å². The molecule has 0 aliphatic rings. The number of aromatic nitrogens is 2. The van der Waals surface area contributed by atoms with E-state index in [0.717, 1.165) is 25.2 Å². The lowest BCUT2D eigenvalue weighted by Gasteiger charge is -2.10. The zero-order valence-corrected chi connectivity index (χ0v) is 10.4. The summed E-state index contributed by atoms with van der Waals surface area (Å²) >= 11 is 0. The first kappa shape index (κ1) is 13.5. The van der Waals surface area contributed by atoms with E-state index in [1.165, 1.54) is 0 Å². The third kappa shape index (κ3) is 4.86. The molecule has 0 saturated carbocycles. The number of aliphatic hydroxyl groups is 1. The fraction of sp³-hybridized carbons (Fsp3) is 0.636. The molecule has 1 heterocycles. The molecular formula is C11H21N5O. The molecule has 0 amide bonds. The van der Waals surface area contributed by atoms with Crippen LogP contribution >= 0.6 is 0 Å². The Morgan fingerprint density at radius 2 is 2.12 bits per heavy atom. The molecule has 17 heavy (non-hydrogen) atoms. The second-order valence-corrected chi connectivity index (χ2v) is 4.10. The van der Waals surface area contributed by atoms with Gasteiger partial charge in [0.25, 0.3) is 0 Å².